The van der Waals surface area contributed by atoms with E-state index in [1.165, 1.54) is 15.3 Å². The van der Waals surface area contributed by atoms with Crippen LogP contribution in [0.2, 0.25) is 0 Å². The van der Waals surface area contributed by atoms with Gasteiger partial charge >= 0.3 is 0 Å². The maximum atomic E-state index is 12.9. The van der Waals surface area contributed by atoms with Gasteiger partial charge < -0.3 is 4.74 Å². The molecule has 8 nitrogen and oxygen atoms in total. The maximum Gasteiger partial charge on any atom is 0.243 e. The fourth-order valence-electron chi connectivity index (χ4n) is 2.71. The van der Waals surface area contributed by atoms with Gasteiger partial charge in [0.2, 0.25) is 10.0 Å². The van der Waals surface area contributed by atoms with Crippen LogP contribution in [0.1, 0.15) is 19.8 Å². The van der Waals surface area contributed by atoms with Gasteiger partial charge in [-0.1, -0.05) is 6.07 Å². The average Bonchev–Trinajstić information content (AvgIpc) is 3.10. The van der Waals surface area contributed by atoms with Crippen LogP contribution in [0, 0.1) is 0 Å². The fraction of sp³-hybridized carbons (Fsp3) is 0.500. The topological polar surface area (TPSA) is 90.2 Å². The zero-order valence-electron chi connectivity index (χ0n) is 12.9. The predicted molar refractivity (Wildman–Crippen MR) is 82.6 cm³/mol. The van der Waals surface area contributed by atoms with Gasteiger partial charge in [0.1, 0.15) is 6.33 Å². The molecule has 9 heteroatoms. The van der Waals surface area contributed by atoms with E-state index in [9.17, 15) is 8.42 Å². The first-order chi connectivity index (χ1) is 11.1. The van der Waals surface area contributed by atoms with E-state index in [4.69, 9.17) is 4.74 Å². The van der Waals surface area contributed by atoms with E-state index in [-0.39, 0.29) is 11.0 Å². The number of piperidine rings is 1. The van der Waals surface area contributed by atoms with Crippen LogP contribution in [0.4, 0.5) is 0 Å². The first-order valence-corrected chi connectivity index (χ1v) is 9.00. The molecular formula is C14H19N5O3S. The van der Waals surface area contributed by atoms with E-state index in [1.807, 2.05) is 6.92 Å². The molecule has 0 aliphatic carbocycles. The molecule has 0 N–H and O–H groups in total. The summed E-state index contributed by atoms with van der Waals surface area (Å²) >= 11 is 0. The van der Waals surface area contributed by atoms with E-state index < -0.39 is 10.0 Å². The number of hydrogen-bond acceptors (Lipinski definition) is 6. The molecule has 0 bridgehead atoms. The Balaban J connectivity index is 1.86. The Bertz CT molecular complexity index is 746. The van der Waals surface area contributed by atoms with Crippen molar-refractivity contribution < 1.29 is 13.2 Å². The van der Waals surface area contributed by atoms with Crippen LogP contribution in [0.15, 0.2) is 35.5 Å². The first kappa shape index (κ1) is 16.0. The monoisotopic (exact) mass is 337 g/mol. The van der Waals surface area contributed by atoms with E-state index in [0.29, 0.717) is 25.4 Å². The summed E-state index contributed by atoms with van der Waals surface area (Å²) in [6.07, 6.45) is 3.09. The van der Waals surface area contributed by atoms with Gasteiger partial charge in [-0.25, -0.2) is 13.1 Å². The number of benzene rings is 1. The third kappa shape index (κ3) is 3.41. The summed E-state index contributed by atoms with van der Waals surface area (Å²) in [5.74, 6) is 0. The molecule has 1 aromatic heterocycles. The number of rotatable bonds is 5. The molecular weight excluding hydrogens is 318 g/mol. The second-order valence-electron chi connectivity index (χ2n) is 5.33. The lowest BCUT2D eigenvalue weighted by molar-refractivity contribution is 0.0265. The minimum absolute atomic E-state index is 0.0359. The van der Waals surface area contributed by atoms with E-state index in [0.717, 1.165) is 12.8 Å². The van der Waals surface area contributed by atoms with Crippen molar-refractivity contribution in [3.63, 3.8) is 0 Å². The van der Waals surface area contributed by atoms with Crippen molar-refractivity contribution in [2.45, 2.75) is 30.8 Å². The number of nitrogens with zero attached hydrogens (tertiary/aromatic N) is 5. The Morgan fingerprint density at radius 1 is 1.39 bits per heavy atom. The van der Waals surface area contributed by atoms with Crippen molar-refractivity contribution in [3.05, 3.63) is 30.6 Å². The van der Waals surface area contributed by atoms with Crippen LogP contribution in [0.3, 0.4) is 0 Å². The van der Waals surface area contributed by atoms with Crippen molar-refractivity contribution in [3.8, 4) is 5.69 Å². The van der Waals surface area contributed by atoms with Gasteiger partial charge in [0.15, 0.2) is 0 Å². The Morgan fingerprint density at radius 2 is 2.26 bits per heavy atom. The molecule has 1 aliphatic rings. The van der Waals surface area contributed by atoms with Crippen molar-refractivity contribution in [2.24, 2.45) is 0 Å². The molecule has 124 valence electrons. The SMILES string of the molecule is CCOC1CCCN(S(=O)(=O)c2cccc(-n3cnnn3)c2)C1. The molecule has 1 saturated heterocycles. The Kier molecular flexibility index (Phi) is 4.69. The molecule has 1 fully saturated rings. The van der Waals surface area contributed by atoms with Crippen LogP contribution in [-0.2, 0) is 14.8 Å². The zero-order chi connectivity index (χ0) is 16.3. The van der Waals surface area contributed by atoms with Crippen molar-refractivity contribution in [2.75, 3.05) is 19.7 Å². The Morgan fingerprint density at radius 3 is 3.00 bits per heavy atom. The third-order valence-electron chi connectivity index (χ3n) is 3.81. The largest absolute Gasteiger partial charge is 0.377 e. The number of tetrazole rings is 1. The third-order valence-corrected chi connectivity index (χ3v) is 5.67. The second-order valence-corrected chi connectivity index (χ2v) is 7.27. The number of ether oxygens (including phenoxy) is 1. The first-order valence-electron chi connectivity index (χ1n) is 7.56. The van der Waals surface area contributed by atoms with Gasteiger partial charge in [0, 0.05) is 19.7 Å². The van der Waals surface area contributed by atoms with E-state index in [1.54, 1.807) is 24.3 Å². The zero-order valence-corrected chi connectivity index (χ0v) is 13.7. The highest BCUT2D eigenvalue weighted by Crippen LogP contribution is 2.23. The van der Waals surface area contributed by atoms with Crippen molar-refractivity contribution in [1.82, 2.24) is 24.5 Å². The van der Waals surface area contributed by atoms with Gasteiger partial charge in [-0.15, -0.1) is 5.10 Å². The molecule has 3 rings (SSSR count). The number of hydrogen-bond donors (Lipinski definition) is 0. The minimum Gasteiger partial charge on any atom is -0.377 e. The smallest absolute Gasteiger partial charge is 0.243 e. The minimum atomic E-state index is -3.56. The van der Waals surface area contributed by atoms with Crippen LogP contribution >= 0.6 is 0 Å². The molecule has 1 atom stereocenters. The molecule has 0 saturated carbocycles. The van der Waals surface area contributed by atoms with Crippen LogP contribution in [-0.4, -0.2) is 58.7 Å². The molecule has 23 heavy (non-hydrogen) atoms. The van der Waals surface area contributed by atoms with Gasteiger partial charge in [-0.05, 0) is 48.4 Å². The summed E-state index contributed by atoms with van der Waals surface area (Å²) in [5.41, 5.74) is 0.606. The summed E-state index contributed by atoms with van der Waals surface area (Å²) in [4.78, 5) is 0.239. The van der Waals surface area contributed by atoms with Crippen LogP contribution in [0.25, 0.3) is 5.69 Å². The standard InChI is InChI=1S/C14H19N5O3S/c1-2-22-13-6-4-8-18(10-13)23(20,21)14-7-3-5-12(9-14)19-11-15-16-17-19/h3,5,7,9,11,13H,2,4,6,8,10H2,1H3. The average molecular weight is 337 g/mol. The molecule has 2 aromatic rings. The molecule has 1 aromatic carbocycles. The number of sulfonamides is 1. The Labute approximate surface area is 135 Å². The molecule has 0 spiro atoms. The van der Waals surface area contributed by atoms with Gasteiger partial charge in [0.25, 0.3) is 0 Å². The maximum absolute atomic E-state index is 12.9. The highest BCUT2D eigenvalue weighted by atomic mass is 32.2. The lowest BCUT2D eigenvalue weighted by atomic mass is 10.1. The van der Waals surface area contributed by atoms with Crippen LogP contribution < -0.4 is 0 Å². The summed E-state index contributed by atoms with van der Waals surface area (Å²) in [5, 5.41) is 10.9. The summed E-state index contributed by atoms with van der Waals surface area (Å²) in [6.45, 7) is 3.42. The second kappa shape index (κ2) is 6.73. The van der Waals surface area contributed by atoms with Crippen molar-refractivity contribution in [1.29, 1.82) is 0 Å². The Hall–Kier alpha value is -1.84. The summed E-state index contributed by atoms with van der Waals surface area (Å²) in [6, 6.07) is 6.62. The lowest BCUT2D eigenvalue weighted by Crippen LogP contribution is -2.43. The fourth-order valence-corrected chi connectivity index (χ4v) is 4.26. The highest BCUT2D eigenvalue weighted by molar-refractivity contribution is 7.89. The number of aromatic nitrogens is 4. The van der Waals surface area contributed by atoms with Gasteiger partial charge in [0.05, 0.1) is 16.7 Å². The van der Waals surface area contributed by atoms with E-state index >= 15 is 0 Å². The summed E-state index contributed by atoms with van der Waals surface area (Å²) < 4.78 is 34.3. The summed E-state index contributed by atoms with van der Waals surface area (Å²) in [7, 11) is -3.56. The molecule has 0 radical (unpaired) electrons. The molecule has 1 aliphatic heterocycles. The molecule has 0 amide bonds. The lowest BCUT2D eigenvalue weighted by Gasteiger charge is -2.31. The highest BCUT2D eigenvalue weighted by Gasteiger charge is 2.30. The van der Waals surface area contributed by atoms with E-state index in [2.05, 4.69) is 15.5 Å². The van der Waals surface area contributed by atoms with Crippen molar-refractivity contribution >= 4 is 10.0 Å². The van der Waals surface area contributed by atoms with Gasteiger partial charge in [-0.2, -0.15) is 4.31 Å². The predicted octanol–water partition coefficient (Wildman–Crippen LogP) is 0.852. The molecule has 2 heterocycles. The van der Waals surface area contributed by atoms with Crippen LogP contribution in [0.5, 0.6) is 0 Å². The normalized spacial score (nSPS) is 19.8. The molecule has 1 unspecified atom stereocenters. The van der Waals surface area contributed by atoms with Gasteiger partial charge in [-0.3, -0.25) is 0 Å². The quantitative estimate of drug-likeness (QED) is 0.803.